The summed E-state index contributed by atoms with van der Waals surface area (Å²) in [5.41, 5.74) is 3.15. The maximum Gasteiger partial charge on any atom is 0.187 e. The summed E-state index contributed by atoms with van der Waals surface area (Å²) in [7, 11) is 0. The zero-order chi connectivity index (χ0) is 20.8. The number of allylic oxidation sites excluding steroid dienone is 4. The molecular weight excluding hydrogens is 419 g/mol. The third-order valence-corrected chi connectivity index (χ3v) is 6.86. The molecule has 0 spiro atoms. The second-order valence-corrected chi connectivity index (χ2v) is 9.47. The summed E-state index contributed by atoms with van der Waals surface area (Å²) in [5, 5.41) is 6.85. The van der Waals surface area contributed by atoms with Gasteiger partial charge in [0, 0.05) is 22.9 Å². The van der Waals surface area contributed by atoms with Crippen LogP contribution in [-0.4, -0.2) is 15.6 Å². The minimum absolute atomic E-state index is 0.0423. The molecule has 1 atom stereocenters. The molecule has 2 aliphatic carbocycles. The van der Waals surface area contributed by atoms with Gasteiger partial charge < -0.3 is 4.42 Å². The largest absolute Gasteiger partial charge is 0.452 e. The summed E-state index contributed by atoms with van der Waals surface area (Å²) in [6.07, 6.45) is 11.4. The lowest BCUT2D eigenvalue weighted by atomic mass is 9.85. The van der Waals surface area contributed by atoms with E-state index in [-0.39, 0.29) is 5.78 Å². The van der Waals surface area contributed by atoms with Crippen LogP contribution in [0.2, 0.25) is 5.02 Å². The number of Topliss-reactive ketones (excluding diaryl/α,β-unsaturated/α-hetero) is 1. The van der Waals surface area contributed by atoms with Crippen LogP contribution in [0, 0.1) is 11.8 Å². The fourth-order valence-corrected chi connectivity index (χ4v) is 5.25. The molecular formula is C24H24Cl2N2O2. The Hall–Kier alpha value is -2.04. The Labute approximate surface area is 185 Å². The summed E-state index contributed by atoms with van der Waals surface area (Å²) < 4.78 is 7.91. The maximum absolute atomic E-state index is 13.3. The van der Waals surface area contributed by atoms with E-state index in [9.17, 15) is 4.79 Å². The number of rotatable bonds is 4. The monoisotopic (exact) mass is 442 g/mol. The molecule has 0 N–H and O–H groups in total. The Morgan fingerprint density at radius 3 is 2.80 bits per heavy atom. The van der Waals surface area contributed by atoms with Gasteiger partial charge in [-0.05, 0) is 30.4 Å². The second-order valence-electron chi connectivity index (χ2n) is 8.63. The molecule has 2 heterocycles. The van der Waals surface area contributed by atoms with Gasteiger partial charge in [-0.15, -0.1) is 0 Å². The first-order chi connectivity index (χ1) is 14.5. The quantitative estimate of drug-likeness (QED) is 0.390. The summed E-state index contributed by atoms with van der Waals surface area (Å²) in [5.74, 6) is 0.851. The number of carbonyl (C=O) groups excluding carboxylic acids is 1. The fourth-order valence-electron chi connectivity index (χ4n) is 4.72. The van der Waals surface area contributed by atoms with Crippen molar-refractivity contribution in [2.75, 3.05) is 0 Å². The Bertz CT molecular complexity index is 1190. The van der Waals surface area contributed by atoms with E-state index >= 15 is 0 Å². The molecule has 0 aliphatic heterocycles. The van der Waals surface area contributed by atoms with E-state index < -0.39 is 0 Å². The van der Waals surface area contributed by atoms with Crippen molar-refractivity contribution in [3.63, 3.8) is 0 Å². The van der Waals surface area contributed by atoms with Gasteiger partial charge in [-0.2, -0.15) is 5.10 Å². The smallest absolute Gasteiger partial charge is 0.187 e. The molecule has 2 aromatic heterocycles. The van der Waals surface area contributed by atoms with Gasteiger partial charge in [0.25, 0.3) is 0 Å². The van der Waals surface area contributed by atoms with E-state index in [2.05, 4.69) is 13.0 Å². The predicted octanol–water partition coefficient (Wildman–Crippen LogP) is 7.59. The molecule has 30 heavy (non-hydrogen) atoms. The van der Waals surface area contributed by atoms with E-state index in [1.807, 2.05) is 18.2 Å². The van der Waals surface area contributed by atoms with Gasteiger partial charge >= 0.3 is 0 Å². The summed E-state index contributed by atoms with van der Waals surface area (Å²) in [4.78, 5) is 13.3. The lowest BCUT2D eigenvalue weighted by Gasteiger charge is -2.20. The summed E-state index contributed by atoms with van der Waals surface area (Å²) >= 11 is 12.8. The van der Waals surface area contributed by atoms with Crippen LogP contribution in [-0.2, 0) is 0 Å². The highest BCUT2D eigenvalue weighted by molar-refractivity contribution is 6.36. The minimum atomic E-state index is 0.0423. The molecule has 1 unspecified atom stereocenters. The minimum Gasteiger partial charge on any atom is -0.452 e. The lowest BCUT2D eigenvalue weighted by Crippen LogP contribution is -2.13. The molecule has 1 aromatic carbocycles. The second kappa shape index (κ2) is 7.90. The maximum atomic E-state index is 13.3. The number of ketones is 1. The average Bonchev–Trinajstić information content (AvgIpc) is 3.25. The van der Waals surface area contributed by atoms with Crippen LogP contribution in [0.3, 0.4) is 0 Å². The first-order valence-electron chi connectivity index (χ1n) is 10.7. The molecule has 156 valence electrons. The van der Waals surface area contributed by atoms with Crippen molar-refractivity contribution in [1.82, 2.24) is 9.78 Å². The molecule has 4 nitrogen and oxygen atoms in total. The Balaban J connectivity index is 1.65. The first kappa shape index (κ1) is 19.9. The number of furan rings is 1. The number of carbonyl (C=O) groups is 1. The summed E-state index contributed by atoms with van der Waals surface area (Å²) in [6, 6.07) is 5.53. The van der Waals surface area contributed by atoms with Crippen molar-refractivity contribution >= 4 is 56.8 Å². The van der Waals surface area contributed by atoms with Gasteiger partial charge in [0.2, 0.25) is 0 Å². The molecule has 6 heteroatoms. The number of fused-ring (bicyclic) bond motifs is 3. The third-order valence-electron chi connectivity index (χ3n) is 6.30. The van der Waals surface area contributed by atoms with Crippen molar-refractivity contribution in [3.8, 4) is 0 Å². The molecule has 0 bridgehead atoms. The SMILES string of the molecule is CC1C=C(Cl)C(n2nc(C(=O)CC3CCCCC3)c3oc4cc(Cl)ccc4c32)=CC1. The van der Waals surface area contributed by atoms with E-state index in [4.69, 9.17) is 32.7 Å². The summed E-state index contributed by atoms with van der Waals surface area (Å²) in [6.45, 7) is 2.13. The van der Waals surface area contributed by atoms with E-state index in [1.165, 1.54) is 19.3 Å². The van der Waals surface area contributed by atoms with Crippen LogP contribution in [0.25, 0.3) is 27.8 Å². The fraction of sp³-hybridized carbons (Fsp3) is 0.417. The lowest BCUT2D eigenvalue weighted by molar-refractivity contribution is 0.0945. The zero-order valence-corrected chi connectivity index (χ0v) is 18.5. The van der Waals surface area contributed by atoms with Crippen LogP contribution in [0.1, 0.15) is 62.4 Å². The molecule has 0 saturated heterocycles. The van der Waals surface area contributed by atoms with E-state index in [1.54, 1.807) is 10.7 Å². The molecule has 5 rings (SSSR count). The van der Waals surface area contributed by atoms with Gasteiger partial charge in [0.05, 0.1) is 10.7 Å². The van der Waals surface area contributed by atoms with Crippen molar-refractivity contribution in [2.24, 2.45) is 11.8 Å². The third kappa shape index (κ3) is 3.50. The number of nitrogens with zero attached hydrogens (tertiary/aromatic N) is 2. The molecule has 3 aromatic rings. The van der Waals surface area contributed by atoms with Crippen molar-refractivity contribution in [3.05, 3.63) is 46.1 Å². The average molecular weight is 443 g/mol. The molecule has 0 amide bonds. The van der Waals surface area contributed by atoms with Crippen LogP contribution in [0.5, 0.6) is 0 Å². The predicted molar refractivity (Wildman–Crippen MR) is 122 cm³/mol. The zero-order valence-electron chi connectivity index (χ0n) is 17.0. The number of hydrogen-bond donors (Lipinski definition) is 0. The number of hydrogen-bond acceptors (Lipinski definition) is 3. The van der Waals surface area contributed by atoms with Gasteiger partial charge in [-0.3, -0.25) is 4.79 Å². The van der Waals surface area contributed by atoms with Gasteiger partial charge in [0.1, 0.15) is 11.1 Å². The first-order valence-corrected chi connectivity index (χ1v) is 11.5. The highest BCUT2D eigenvalue weighted by atomic mass is 35.5. The number of benzene rings is 1. The van der Waals surface area contributed by atoms with Crippen LogP contribution < -0.4 is 0 Å². The number of aromatic nitrogens is 2. The standard InChI is InChI=1S/C24H24Cl2N2O2/c1-14-7-10-19(18(26)11-14)28-23-17-9-8-16(25)13-21(17)30-24(23)22(27-28)20(29)12-15-5-3-2-4-6-15/h8-11,13-15H,2-7,12H2,1H3. The van der Waals surface area contributed by atoms with Crippen molar-refractivity contribution < 1.29 is 9.21 Å². The Morgan fingerprint density at radius 2 is 2.03 bits per heavy atom. The van der Waals surface area contributed by atoms with Crippen LogP contribution >= 0.6 is 23.2 Å². The molecule has 1 saturated carbocycles. The molecule has 1 fully saturated rings. The van der Waals surface area contributed by atoms with Gasteiger partial charge in [-0.1, -0.05) is 74.4 Å². The van der Waals surface area contributed by atoms with E-state index in [0.29, 0.717) is 45.2 Å². The Morgan fingerprint density at radius 1 is 1.23 bits per heavy atom. The highest BCUT2D eigenvalue weighted by Crippen LogP contribution is 2.38. The topological polar surface area (TPSA) is 48.0 Å². The van der Waals surface area contributed by atoms with Crippen LogP contribution in [0.15, 0.2) is 39.8 Å². The van der Waals surface area contributed by atoms with E-state index in [0.717, 1.165) is 35.9 Å². The van der Waals surface area contributed by atoms with Crippen molar-refractivity contribution in [1.29, 1.82) is 0 Å². The molecule has 2 aliphatic rings. The normalized spacial score (nSPS) is 20.6. The molecule has 0 radical (unpaired) electrons. The van der Waals surface area contributed by atoms with Gasteiger partial charge in [0.15, 0.2) is 17.1 Å². The van der Waals surface area contributed by atoms with Crippen LogP contribution in [0.4, 0.5) is 0 Å². The number of halogens is 2. The van der Waals surface area contributed by atoms with Gasteiger partial charge in [-0.25, -0.2) is 4.68 Å². The Kier molecular flexibility index (Phi) is 5.24. The highest BCUT2D eigenvalue weighted by Gasteiger charge is 2.28. The van der Waals surface area contributed by atoms with Crippen molar-refractivity contribution in [2.45, 2.75) is 51.9 Å².